The summed E-state index contributed by atoms with van der Waals surface area (Å²) in [6.45, 7) is 0. The molecule has 0 aliphatic carbocycles. The number of aromatic nitrogens is 5. The van der Waals surface area contributed by atoms with E-state index < -0.39 is 0 Å². The summed E-state index contributed by atoms with van der Waals surface area (Å²) in [5.74, 6) is 1.32. The van der Waals surface area contributed by atoms with Gasteiger partial charge in [-0.15, -0.1) is 0 Å². The SMILES string of the molecule is COc1ccccc1-n1c(-c2nonc2N)nc2cncc(Br)c21. The van der Waals surface area contributed by atoms with Crippen molar-refractivity contribution < 1.29 is 9.37 Å². The maximum absolute atomic E-state index is 5.87. The maximum atomic E-state index is 5.87. The molecule has 0 saturated carbocycles. The van der Waals surface area contributed by atoms with Crippen LogP contribution in [0.25, 0.3) is 28.2 Å². The van der Waals surface area contributed by atoms with Crippen molar-refractivity contribution in [2.24, 2.45) is 0 Å². The Morgan fingerprint density at radius 2 is 2.04 bits per heavy atom. The van der Waals surface area contributed by atoms with E-state index in [1.54, 1.807) is 19.5 Å². The predicted molar refractivity (Wildman–Crippen MR) is 90.8 cm³/mol. The van der Waals surface area contributed by atoms with Crippen molar-refractivity contribution in [2.45, 2.75) is 0 Å². The van der Waals surface area contributed by atoms with E-state index in [1.165, 1.54) is 0 Å². The Balaban J connectivity index is 2.14. The number of imidazole rings is 1. The summed E-state index contributed by atoms with van der Waals surface area (Å²) in [6, 6.07) is 7.58. The molecular formula is C15H11BrN6O2. The molecule has 24 heavy (non-hydrogen) atoms. The van der Waals surface area contributed by atoms with E-state index in [2.05, 4.69) is 36.2 Å². The third kappa shape index (κ3) is 2.13. The highest BCUT2D eigenvalue weighted by Gasteiger charge is 2.23. The van der Waals surface area contributed by atoms with Gasteiger partial charge in [0.25, 0.3) is 0 Å². The predicted octanol–water partition coefficient (Wildman–Crippen LogP) is 2.82. The van der Waals surface area contributed by atoms with E-state index in [9.17, 15) is 0 Å². The molecule has 4 rings (SSSR count). The minimum Gasteiger partial charge on any atom is -0.495 e. The zero-order valence-electron chi connectivity index (χ0n) is 12.5. The first kappa shape index (κ1) is 14.6. The Morgan fingerprint density at radius 1 is 1.21 bits per heavy atom. The zero-order valence-corrected chi connectivity index (χ0v) is 14.1. The summed E-state index contributed by atoms with van der Waals surface area (Å²) in [5.41, 5.74) is 8.49. The van der Waals surface area contributed by atoms with Gasteiger partial charge in [-0.2, -0.15) is 0 Å². The second kappa shape index (κ2) is 5.60. The van der Waals surface area contributed by atoms with Crippen molar-refractivity contribution in [1.82, 2.24) is 24.8 Å². The number of hydrogen-bond acceptors (Lipinski definition) is 7. The van der Waals surface area contributed by atoms with Gasteiger partial charge in [-0.25, -0.2) is 9.61 Å². The second-order valence-electron chi connectivity index (χ2n) is 4.93. The Bertz CT molecular complexity index is 1040. The largest absolute Gasteiger partial charge is 0.495 e. The lowest BCUT2D eigenvalue weighted by Gasteiger charge is -2.12. The molecule has 120 valence electrons. The first-order valence-corrected chi connectivity index (χ1v) is 7.73. The van der Waals surface area contributed by atoms with Gasteiger partial charge in [0.05, 0.1) is 29.0 Å². The van der Waals surface area contributed by atoms with Crippen molar-refractivity contribution in [2.75, 3.05) is 12.8 Å². The van der Waals surface area contributed by atoms with Gasteiger partial charge >= 0.3 is 0 Å². The molecule has 0 aliphatic rings. The van der Waals surface area contributed by atoms with Crippen molar-refractivity contribution in [3.05, 3.63) is 41.1 Å². The topological polar surface area (TPSA) is 105 Å². The third-order valence-electron chi connectivity index (χ3n) is 3.57. The molecule has 0 fully saturated rings. The number of nitrogens with two attached hydrogens (primary N) is 1. The van der Waals surface area contributed by atoms with E-state index in [0.717, 1.165) is 15.7 Å². The molecule has 0 bridgehead atoms. The fourth-order valence-corrected chi connectivity index (χ4v) is 3.05. The van der Waals surface area contributed by atoms with Gasteiger partial charge < -0.3 is 10.5 Å². The molecule has 8 nitrogen and oxygen atoms in total. The van der Waals surface area contributed by atoms with Crippen LogP contribution in [0, 0.1) is 0 Å². The van der Waals surface area contributed by atoms with Gasteiger partial charge in [-0.3, -0.25) is 9.55 Å². The summed E-state index contributed by atoms with van der Waals surface area (Å²) < 4.78 is 12.9. The average molecular weight is 387 g/mol. The number of rotatable bonds is 3. The number of halogens is 1. The fourth-order valence-electron chi connectivity index (χ4n) is 2.55. The molecule has 0 radical (unpaired) electrons. The first-order chi connectivity index (χ1) is 11.7. The lowest BCUT2D eigenvalue weighted by molar-refractivity contribution is 0.310. The van der Waals surface area contributed by atoms with Crippen LogP contribution in [-0.2, 0) is 0 Å². The number of nitrogens with zero attached hydrogens (tertiary/aromatic N) is 5. The molecule has 2 N–H and O–H groups in total. The van der Waals surface area contributed by atoms with Crippen LogP contribution in [0.4, 0.5) is 5.82 Å². The van der Waals surface area contributed by atoms with Crippen LogP contribution in [0.5, 0.6) is 5.75 Å². The van der Waals surface area contributed by atoms with Gasteiger partial charge in [-0.1, -0.05) is 12.1 Å². The maximum Gasteiger partial charge on any atom is 0.199 e. The third-order valence-corrected chi connectivity index (χ3v) is 4.15. The number of methoxy groups -OCH3 is 1. The van der Waals surface area contributed by atoms with E-state index >= 15 is 0 Å². The average Bonchev–Trinajstić information content (AvgIpc) is 3.18. The van der Waals surface area contributed by atoms with Crippen LogP contribution in [0.1, 0.15) is 0 Å². The summed E-state index contributed by atoms with van der Waals surface area (Å²) >= 11 is 3.53. The van der Waals surface area contributed by atoms with Gasteiger partial charge in [0.1, 0.15) is 11.3 Å². The molecular weight excluding hydrogens is 376 g/mol. The molecule has 3 aromatic heterocycles. The Morgan fingerprint density at radius 3 is 2.79 bits per heavy atom. The van der Waals surface area contributed by atoms with Crippen molar-refractivity contribution >= 4 is 32.8 Å². The standard InChI is InChI=1S/C15H11BrN6O2/c1-23-11-5-3-2-4-10(11)22-13-8(16)6-18-7-9(13)19-15(22)12-14(17)21-24-20-12/h2-7H,1H3,(H2,17,21). The molecule has 0 aliphatic heterocycles. The molecule has 9 heteroatoms. The summed E-state index contributed by atoms with van der Waals surface area (Å²) in [6.07, 6.45) is 3.36. The van der Waals surface area contributed by atoms with Crippen molar-refractivity contribution in [1.29, 1.82) is 0 Å². The van der Waals surface area contributed by atoms with Crippen LogP contribution in [0.15, 0.2) is 45.8 Å². The lowest BCUT2D eigenvalue weighted by Crippen LogP contribution is -2.02. The molecule has 0 saturated heterocycles. The minimum absolute atomic E-state index is 0.158. The second-order valence-corrected chi connectivity index (χ2v) is 5.78. The highest BCUT2D eigenvalue weighted by Crippen LogP contribution is 2.35. The van der Waals surface area contributed by atoms with Crippen molar-refractivity contribution in [3.8, 4) is 23.0 Å². The highest BCUT2D eigenvalue weighted by atomic mass is 79.9. The lowest BCUT2D eigenvalue weighted by atomic mass is 10.2. The number of fused-ring (bicyclic) bond motifs is 1. The summed E-state index contributed by atoms with van der Waals surface area (Å²) in [4.78, 5) is 8.76. The minimum atomic E-state index is 0.158. The van der Waals surface area contributed by atoms with Crippen molar-refractivity contribution in [3.63, 3.8) is 0 Å². The van der Waals surface area contributed by atoms with Gasteiger partial charge in [0.2, 0.25) is 0 Å². The van der Waals surface area contributed by atoms with Gasteiger partial charge in [0.15, 0.2) is 17.3 Å². The number of anilines is 1. The van der Waals surface area contributed by atoms with E-state index in [1.807, 2.05) is 28.8 Å². The normalized spacial score (nSPS) is 11.1. The smallest absolute Gasteiger partial charge is 0.199 e. The van der Waals surface area contributed by atoms with E-state index in [0.29, 0.717) is 22.8 Å². The first-order valence-electron chi connectivity index (χ1n) is 6.94. The highest BCUT2D eigenvalue weighted by molar-refractivity contribution is 9.10. The molecule has 0 unspecified atom stereocenters. The van der Waals surface area contributed by atoms with Gasteiger partial charge in [0, 0.05) is 6.20 Å². The number of nitrogen functional groups attached to an aromatic ring is 1. The fraction of sp³-hybridized carbons (Fsp3) is 0.0667. The van der Waals surface area contributed by atoms with E-state index in [4.69, 9.17) is 15.1 Å². The molecule has 0 atom stereocenters. The zero-order chi connectivity index (χ0) is 16.7. The molecule has 3 heterocycles. The molecule has 0 amide bonds. The summed E-state index contributed by atoms with van der Waals surface area (Å²) in [7, 11) is 1.61. The quantitative estimate of drug-likeness (QED) is 0.576. The van der Waals surface area contributed by atoms with Crippen LogP contribution in [0.2, 0.25) is 0 Å². The number of benzene rings is 1. The molecule has 0 spiro atoms. The van der Waals surface area contributed by atoms with Crippen LogP contribution >= 0.6 is 15.9 Å². The van der Waals surface area contributed by atoms with Crippen LogP contribution in [0.3, 0.4) is 0 Å². The summed E-state index contributed by atoms with van der Waals surface area (Å²) in [5, 5.41) is 7.52. The number of ether oxygens (including phenoxy) is 1. The van der Waals surface area contributed by atoms with Crippen LogP contribution < -0.4 is 10.5 Å². The Kier molecular flexibility index (Phi) is 3.42. The van der Waals surface area contributed by atoms with Gasteiger partial charge in [-0.05, 0) is 38.4 Å². The Labute approximate surface area is 144 Å². The van der Waals surface area contributed by atoms with Crippen LogP contribution in [-0.4, -0.2) is 32.0 Å². The molecule has 4 aromatic rings. The molecule has 1 aromatic carbocycles. The monoisotopic (exact) mass is 386 g/mol. The van der Waals surface area contributed by atoms with E-state index in [-0.39, 0.29) is 5.82 Å². The Hall–Kier alpha value is -2.94. The number of pyridine rings is 1. The number of para-hydroxylation sites is 2. The number of hydrogen-bond donors (Lipinski definition) is 1.